The molecule has 1 unspecified atom stereocenters. The number of thioether (sulfide) groups is 1. The number of hydrogen-bond acceptors (Lipinski definition) is 6. The van der Waals surface area contributed by atoms with Crippen molar-refractivity contribution >= 4 is 28.7 Å². The number of aliphatic hydroxyl groups is 1. The minimum atomic E-state index is -1.37. The highest BCUT2D eigenvalue weighted by Crippen LogP contribution is 2.50. The smallest absolute Gasteiger partial charge is 0.272 e. The molecule has 8 nitrogen and oxygen atoms in total. The van der Waals surface area contributed by atoms with Crippen molar-refractivity contribution < 1.29 is 18.7 Å². The summed E-state index contributed by atoms with van der Waals surface area (Å²) in [5.74, 6) is -2.17. The van der Waals surface area contributed by atoms with Crippen molar-refractivity contribution in [1.82, 2.24) is 10.4 Å². The van der Waals surface area contributed by atoms with E-state index in [9.17, 15) is 18.7 Å². The maximum Gasteiger partial charge on any atom is 0.272 e. The lowest BCUT2D eigenvalue weighted by atomic mass is 10.0. The van der Waals surface area contributed by atoms with Gasteiger partial charge in [-0.3, -0.25) is 4.79 Å². The predicted molar refractivity (Wildman–Crippen MR) is 116 cm³/mol. The number of nitrogens with zero attached hydrogens (tertiary/aromatic N) is 3. The second-order valence-corrected chi connectivity index (χ2v) is 8.07. The van der Waals surface area contributed by atoms with E-state index in [0.717, 1.165) is 35.0 Å². The van der Waals surface area contributed by atoms with Crippen LogP contribution in [-0.4, -0.2) is 39.7 Å². The highest BCUT2D eigenvalue weighted by molar-refractivity contribution is 8.15. The SMILES string of the molecule is C[C@H](O)C(=O)N1N=C(c2cc(F)ccc2F)SC1(CCNN=C(N)N)c1ccccc1. The number of nitrogens with two attached hydrogens (primary N) is 2. The Balaban J connectivity index is 2.09. The van der Waals surface area contributed by atoms with Gasteiger partial charge >= 0.3 is 0 Å². The molecule has 2 atom stereocenters. The molecule has 6 N–H and O–H groups in total. The third-order valence-electron chi connectivity index (χ3n) is 4.53. The number of halogens is 2. The lowest BCUT2D eigenvalue weighted by Crippen LogP contribution is -2.46. The molecule has 1 aliphatic rings. The Kier molecular flexibility index (Phi) is 6.76. The van der Waals surface area contributed by atoms with Crippen LogP contribution in [0.15, 0.2) is 58.7 Å². The first-order valence-electron chi connectivity index (χ1n) is 9.37. The molecule has 0 aliphatic carbocycles. The van der Waals surface area contributed by atoms with Gasteiger partial charge in [0.15, 0.2) is 0 Å². The predicted octanol–water partition coefficient (Wildman–Crippen LogP) is 1.60. The molecule has 31 heavy (non-hydrogen) atoms. The molecule has 0 spiro atoms. The minimum absolute atomic E-state index is 0.0802. The summed E-state index contributed by atoms with van der Waals surface area (Å²) in [6, 6.07) is 12.0. The molecule has 0 radical (unpaired) electrons. The summed E-state index contributed by atoms with van der Waals surface area (Å²) < 4.78 is 28.3. The molecule has 11 heteroatoms. The number of nitrogens with one attached hydrogen (secondary N) is 1. The molecule has 0 aromatic heterocycles. The van der Waals surface area contributed by atoms with Crippen molar-refractivity contribution in [2.24, 2.45) is 21.7 Å². The zero-order valence-electron chi connectivity index (χ0n) is 16.6. The fraction of sp³-hybridized carbons (Fsp3) is 0.250. The summed E-state index contributed by atoms with van der Waals surface area (Å²) in [5.41, 5.74) is 14.0. The van der Waals surface area contributed by atoms with Crippen LogP contribution in [0.5, 0.6) is 0 Å². The van der Waals surface area contributed by atoms with Crippen molar-refractivity contribution in [2.75, 3.05) is 6.54 Å². The summed E-state index contributed by atoms with van der Waals surface area (Å²) in [7, 11) is 0. The van der Waals surface area contributed by atoms with E-state index in [1.54, 1.807) is 24.3 Å². The highest BCUT2D eigenvalue weighted by atomic mass is 32.2. The van der Waals surface area contributed by atoms with Crippen LogP contribution in [0, 0.1) is 11.6 Å². The van der Waals surface area contributed by atoms with Crippen LogP contribution >= 0.6 is 11.8 Å². The van der Waals surface area contributed by atoms with E-state index in [-0.39, 0.29) is 29.5 Å². The number of guanidine groups is 1. The first-order chi connectivity index (χ1) is 14.7. The van der Waals surface area contributed by atoms with Crippen molar-refractivity contribution in [1.29, 1.82) is 0 Å². The fourth-order valence-corrected chi connectivity index (χ4v) is 4.51. The maximum absolute atomic E-state index is 14.5. The van der Waals surface area contributed by atoms with E-state index in [1.807, 2.05) is 6.07 Å². The zero-order valence-corrected chi connectivity index (χ0v) is 17.4. The Hall–Kier alpha value is -3.18. The van der Waals surface area contributed by atoms with Gasteiger partial charge in [-0.1, -0.05) is 42.1 Å². The quantitative estimate of drug-likeness (QED) is 0.220. The molecule has 0 bridgehead atoms. The summed E-state index contributed by atoms with van der Waals surface area (Å²) >= 11 is 1.09. The lowest BCUT2D eigenvalue weighted by molar-refractivity contribution is -0.143. The van der Waals surface area contributed by atoms with E-state index in [4.69, 9.17) is 11.5 Å². The van der Waals surface area contributed by atoms with Crippen molar-refractivity contribution in [3.05, 3.63) is 71.3 Å². The van der Waals surface area contributed by atoms with Gasteiger partial charge in [-0.05, 0) is 30.7 Å². The highest BCUT2D eigenvalue weighted by Gasteiger charge is 2.49. The Morgan fingerprint density at radius 2 is 2.00 bits per heavy atom. The second-order valence-electron chi connectivity index (χ2n) is 6.80. The molecule has 0 saturated heterocycles. The van der Waals surface area contributed by atoms with E-state index in [0.29, 0.717) is 5.56 Å². The van der Waals surface area contributed by atoms with Gasteiger partial charge in [0.1, 0.15) is 27.7 Å². The normalized spacial score (nSPS) is 19.0. The van der Waals surface area contributed by atoms with Gasteiger partial charge in [0.25, 0.3) is 5.91 Å². The molecule has 0 saturated carbocycles. The number of carbonyl (C=O) groups excluding carboxylic acids is 1. The Morgan fingerprint density at radius 1 is 1.29 bits per heavy atom. The number of benzene rings is 2. The monoisotopic (exact) mass is 448 g/mol. The van der Waals surface area contributed by atoms with Crippen LogP contribution in [0.3, 0.4) is 0 Å². The molecule has 1 amide bonds. The molecule has 2 aromatic rings. The second kappa shape index (κ2) is 9.31. The molecule has 0 fully saturated rings. The Morgan fingerprint density at radius 3 is 2.65 bits per heavy atom. The number of amides is 1. The van der Waals surface area contributed by atoms with Crippen molar-refractivity contribution in [3.8, 4) is 0 Å². The van der Waals surface area contributed by atoms with Crippen LogP contribution < -0.4 is 16.9 Å². The largest absolute Gasteiger partial charge is 0.383 e. The number of hydrazone groups is 2. The van der Waals surface area contributed by atoms with E-state index >= 15 is 0 Å². The van der Waals surface area contributed by atoms with E-state index in [2.05, 4.69) is 15.6 Å². The van der Waals surface area contributed by atoms with Gasteiger partial charge in [-0.2, -0.15) is 5.10 Å². The van der Waals surface area contributed by atoms with Crippen LogP contribution in [0.2, 0.25) is 0 Å². The third-order valence-corrected chi connectivity index (χ3v) is 5.98. The van der Waals surface area contributed by atoms with Crippen LogP contribution in [0.25, 0.3) is 0 Å². The summed E-state index contributed by atoms with van der Waals surface area (Å²) in [4.78, 5) is 11.7. The molecule has 3 rings (SSSR count). The standard InChI is InChI=1S/C20H22F2N6O2S/c1-12(29)18(30)28-20(9-10-25-26-19(23)24,13-5-3-2-4-6-13)31-17(27-28)15-11-14(21)7-8-16(15)22/h2-8,11-12,25,29H,9-10H2,1H3,(H4,23,24,26)/t12-,20?/m0/s1. The first-order valence-corrected chi connectivity index (χ1v) is 10.2. The molecule has 2 aromatic carbocycles. The third kappa shape index (κ3) is 4.78. The average molecular weight is 448 g/mol. The molecular formula is C20H22F2N6O2S. The maximum atomic E-state index is 14.5. The minimum Gasteiger partial charge on any atom is -0.383 e. The first kappa shape index (κ1) is 22.5. The number of carbonyl (C=O) groups is 1. The topological polar surface area (TPSA) is 129 Å². The van der Waals surface area contributed by atoms with Crippen molar-refractivity contribution in [2.45, 2.75) is 24.3 Å². The zero-order chi connectivity index (χ0) is 22.6. The molecule has 164 valence electrons. The number of aliphatic hydroxyl groups excluding tert-OH is 1. The number of hydrogen-bond donors (Lipinski definition) is 4. The van der Waals surface area contributed by atoms with Gasteiger partial charge in [0.05, 0.1) is 0 Å². The van der Waals surface area contributed by atoms with Gasteiger partial charge < -0.3 is 22.0 Å². The van der Waals surface area contributed by atoms with Gasteiger partial charge in [-0.15, -0.1) is 5.10 Å². The van der Waals surface area contributed by atoms with Crippen LogP contribution in [-0.2, 0) is 9.67 Å². The van der Waals surface area contributed by atoms with Gasteiger partial charge in [0.2, 0.25) is 5.96 Å². The Labute approximate surface area is 182 Å². The fourth-order valence-electron chi connectivity index (χ4n) is 3.12. The van der Waals surface area contributed by atoms with Crippen LogP contribution in [0.1, 0.15) is 24.5 Å². The number of rotatable bonds is 7. The lowest BCUT2D eigenvalue weighted by Gasteiger charge is -2.36. The summed E-state index contributed by atoms with van der Waals surface area (Å²) in [5, 5.41) is 19.3. The van der Waals surface area contributed by atoms with E-state index < -0.39 is 28.5 Å². The summed E-state index contributed by atoms with van der Waals surface area (Å²) in [6.07, 6.45) is -1.13. The van der Waals surface area contributed by atoms with E-state index in [1.165, 1.54) is 6.92 Å². The Bertz CT molecular complexity index is 1010. The molecule has 1 heterocycles. The summed E-state index contributed by atoms with van der Waals surface area (Å²) in [6.45, 7) is 1.54. The van der Waals surface area contributed by atoms with Gasteiger partial charge in [-0.25, -0.2) is 13.8 Å². The molecule has 1 aliphatic heterocycles. The molecular weight excluding hydrogens is 426 g/mol. The van der Waals surface area contributed by atoms with Gasteiger partial charge in [0, 0.05) is 18.5 Å². The van der Waals surface area contributed by atoms with Crippen LogP contribution in [0.4, 0.5) is 8.78 Å². The average Bonchev–Trinajstić information content (AvgIpc) is 3.13. The van der Waals surface area contributed by atoms with Crippen molar-refractivity contribution in [3.63, 3.8) is 0 Å².